The zero-order valence-electron chi connectivity index (χ0n) is 13.6. The maximum absolute atomic E-state index is 12.3. The third kappa shape index (κ3) is 3.18. The first-order valence-corrected chi connectivity index (χ1v) is 8.33. The fourth-order valence-corrected chi connectivity index (χ4v) is 3.14. The molecule has 1 amide bonds. The second-order valence-corrected chi connectivity index (χ2v) is 6.35. The van der Waals surface area contributed by atoms with E-state index in [1.165, 1.54) is 16.3 Å². The van der Waals surface area contributed by atoms with Crippen molar-refractivity contribution < 1.29 is 4.79 Å². The van der Waals surface area contributed by atoms with Gasteiger partial charge >= 0.3 is 0 Å². The van der Waals surface area contributed by atoms with E-state index in [9.17, 15) is 9.59 Å². The molecule has 0 fully saturated rings. The zero-order chi connectivity index (χ0) is 17.3. The van der Waals surface area contributed by atoms with Crippen molar-refractivity contribution in [2.75, 3.05) is 11.1 Å². The maximum atomic E-state index is 12.3. The molecule has 0 unspecified atom stereocenters. The average molecular weight is 343 g/mol. The van der Waals surface area contributed by atoms with E-state index in [0.29, 0.717) is 21.9 Å². The number of anilines is 1. The van der Waals surface area contributed by atoms with Crippen molar-refractivity contribution in [3.63, 3.8) is 0 Å². The molecule has 124 valence electrons. The Balaban J connectivity index is 1.76. The number of nitrogens with zero attached hydrogens (tertiary/aromatic N) is 4. The number of thioether (sulfide) groups is 1. The highest BCUT2D eigenvalue weighted by molar-refractivity contribution is 7.99. The summed E-state index contributed by atoms with van der Waals surface area (Å²) in [6.07, 6.45) is 0. The topological polar surface area (TPSA) is 81.8 Å². The quantitative estimate of drug-likeness (QED) is 0.576. The van der Waals surface area contributed by atoms with Crippen LogP contribution in [0.3, 0.4) is 0 Å². The lowest BCUT2D eigenvalue weighted by Crippen LogP contribution is -2.21. The van der Waals surface area contributed by atoms with Gasteiger partial charge in [-0.15, -0.1) is 0 Å². The van der Waals surface area contributed by atoms with Crippen LogP contribution >= 0.6 is 11.8 Å². The Morgan fingerprint density at radius 3 is 2.75 bits per heavy atom. The van der Waals surface area contributed by atoms with Crippen molar-refractivity contribution in [3.8, 4) is 0 Å². The molecule has 1 N–H and O–H groups in total. The lowest BCUT2D eigenvalue weighted by Gasteiger charge is -2.09. The number of amides is 1. The van der Waals surface area contributed by atoms with Crippen LogP contribution in [0.1, 0.15) is 5.69 Å². The van der Waals surface area contributed by atoms with Crippen molar-refractivity contribution in [2.45, 2.75) is 12.1 Å². The molecule has 7 nitrogen and oxygen atoms in total. The van der Waals surface area contributed by atoms with Crippen LogP contribution < -0.4 is 10.9 Å². The van der Waals surface area contributed by atoms with Crippen LogP contribution in [0.4, 0.5) is 5.82 Å². The Kier molecular flexibility index (Phi) is 4.39. The average Bonchev–Trinajstić information content (AvgIpc) is 2.87. The standard InChI is InChI=1S/C16H17N5O2S/c1-10-8-13(21(3)19-10)18-14(22)9-24-16-17-12-7-5-4-6-11(12)15(23)20(16)2/h4-8H,9H2,1-3H3,(H,18,22). The number of carbonyl (C=O) groups excluding carboxylic acids is 1. The van der Waals surface area contributed by atoms with E-state index in [-0.39, 0.29) is 17.2 Å². The minimum atomic E-state index is -0.176. The van der Waals surface area contributed by atoms with Crippen molar-refractivity contribution in [2.24, 2.45) is 14.1 Å². The molecule has 24 heavy (non-hydrogen) atoms. The van der Waals surface area contributed by atoms with Crippen LogP contribution in [-0.4, -0.2) is 31.0 Å². The molecule has 0 spiro atoms. The van der Waals surface area contributed by atoms with E-state index in [2.05, 4.69) is 15.4 Å². The van der Waals surface area contributed by atoms with Gasteiger partial charge in [0.1, 0.15) is 5.82 Å². The van der Waals surface area contributed by atoms with Crippen molar-refractivity contribution in [1.82, 2.24) is 19.3 Å². The van der Waals surface area contributed by atoms with Crippen LogP contribution in [0.15, 0.2) is 40.3 Å². The fraction of sp³-hybridized carbons (Fsp3) is 0.250. The number of benzene rings is 1. The summed E-state index contributed by atoms with van der Waals surface area (Å²) in [6.45, 7) is 1.86. The van der Waals surface area contributed by atoms with E-state index in [4.69, 9.17) is 0 Å². The zero-order valence-corrected chi connectivity index (χ0v) is 14.4. The third-order valence-electron chi connectivity index (χ3n) is 3.54. The summed E-state index contributed by atoms with van der Waals surface area (Å²) in [7, 11) is 3.43. The van der Waals surface area contributed by atoms with Gasteiger partial charge in [-0.1, -0.05) is 23.9 Å². The van der Waals surface area contributed by atoms with Gasteiger partial charge in [0.2, 0.25) is 5.91 Å². The molecule has 0 aliphatic heterocycles. The smallest absolute Gasteiger partial charge is 0.261 e. The minimum absolute atomic E-state index is 0.120. The summed E-state index contributed by atoms with van der Waals surface area (Å²) in [6, 6.07) is 8.98. The van der Waals surface area contributed by atoms with E-state index < -0.39 is 0 Å². The number of aryl methyl sites for hydroxylation is 2. The van der Waals surface area contributed by atoms with Gasteiger partial charge in [0.05, 0.1) is 22.3 Å². The third-order valence-corrected chi connectivity index (χ3v) is 4.57. The van der Waals surface area contributed by atoms with Gasteiger partial charge in [0, 0.05) is 20.2 Å². The molecule has 0 atom stereocenters. The normalized spacial score (nSPS) is 11.0. The highest BCUT2D eigenvalue weighted by Crippen LogP contribution is 2.17. The molecule has 0 aliphatic carbocycles. The Morgan fingerprint density at radius 1 is 1.29 bits per heavy atom. The van der Waals surface area contributed by atoms with E-state index in [0.717, 1.165) is 5.69 Å². The molecule has 0 saturated carbocycles. The summed E-state index contributed by atoms with van der Waals surface area (Å²) >= 11 is 1.23. The number of carbonyl (C=O) groups is 1. The number of hydrogen-bond donors (Lipinski definition) is 1. The van der Waals surface area contributed by atoms with Gasteiger partial charge in [-0.2, -0.15) is 5.10 Å². The lowest BCUT2D eigenvalue weighted by atomic mass is 10.2. The van der Waals surface area contributed by atoms with E-state index in [1.54, 1.807) is 37.0 Å². The van der Waals surface area contributed by atoms with Crippen molar-refractivity contribution in [1.29, 1.82) is 0 Å². The summed E-state index contributed by atoms with van der Waals surface area (Å²) in [4.78, 5) is 28.9. The highest BCUT2D eigenvalue weighted by atomic mass is 32.2. The predicted octanol–water partition coefficient (Wildman–Crippen LogP) is 1.71. The van der Waals surface area contributed by atoms with Gasteiger partial charge in [0.25, 0.3) is 5.56 Å². The van der Waals surface area contributed by atoms with E-state index >= 15 is 0 Å². The molecule has 2 aromatic heterocycles. The molecule has 8 heteroatoms. The number of nitrogens with one attached hydrogen (secondary N) is 1. The van der Waals surface area contributed by atoms with Gasteiger partial charge in [-0.05, 0) is 19.1 Å². The Labute approximate surface area is 142 Å². The number of aromatic nitrogens is 4. The molecule has 0 saturated heterocycles. The van der Waals surface area contributed by atoms with Gasteiger partial charge < -0.3 is 5.32 Å². The Hall–Kier alpha value is -2.61. The van der Waals surface area contributed by atoms with Crippen molar-refractivity contribution >= 4 is 34.4 Å². The summed E-state index contributed by atoms with van der Waals surface area (Å²) in [5.74, 6) is 0.618. The molecule has 3 rings (SSSR count). The highest BCUT2D eigenvalue weighted by Gasteiger charge is 2.12. The second kappa shape index (κ2) is 6.48. The number of hydrogen-bond acceptors (Lipinski definition) is 5. The summed E-state index contributed by atoms with van der Waals surface area (Å²) in [5.41, 5.74) is 1.34. The van der Waals surface area contributed by atoms with Crippen molar-refractivity contribution in [3.05, 3.63) is 46.4 Å². The first-order chi connectivity index (χ1) is 11.5. The first-order valence-electron chi connectivity index (χ1n) is 7.35. The molecular weight excluding hydrogens is 326 g/mol. The van der Waals surface area contributed by atoms with E-state index in [1.807, 2.05) is 19.1 Å². The van der Waals surface area contributed by atoms with Gasteiger partial charge in [-0.3, -0.25) is 18.8 Å². The molecular formula is C16H17N5O2S. The molecule has 1 aromatic carbocycles. The molecule has 0 aliphatic rings. The van der Waals surface area contributed by atoms with Crippen LogP contribution in [-0.2, 0) is 18.9 Å². The summed E-state index contributed by atoms with van der Waals surface area (Å²) in [5, 5.41) is 8.06. The van der Waals surface area contributed by atoms with Crippen LogP contribution in [0, 0.1) is 6.92 Å². The molecule has 0 bridgehead atoms. The second-order valence-electron chi connectivity index (χ2n) is 5.41. The minimum Gasteiger partial charge on any atom is -0.310 e. The predicted molar refractivity (Wildman–Crippen MR) is 94.3 cm³/mol. The van der Waals surface area contributed by atoms with Crippen LogP contribution in [0.2, 0.25) is 0 Å². The maximum Gasteiger partial charge on any atom is 0.261 e. The summed E-state index contributed by atoms with van der Waals surface area (Å²) < 4.78 is 3.08. The van der Waals surface area contributed by atoms with Gasteiger partial charge in [0.15, 0.2) is 5.16 Å². The fourth-order valence-electron chi connectivity index (χ4n) is 2.36. The number of para-hydroxylation sites is 1. The molecule has 2 heterocycles. The van der Waals surface area contributed by atoms with Gasteiger partial charge in [-0.25, -0.2) is 4.98 Å². The molecule has 3 aromatic rings. The number of rotatable bonds is 4. The largest absolute Gasteiger partial charge is 0.310 e. The van der Waals surface area contributed by atoms with Crippen LogP contribution in [0.5, 0.6) is 0 Å². The SMILES string of the molecule is Cc1cc(NC(=O)CSc2nc3ccccc3c(=O)n2C)n(C)n1. The lowest BCUT2D eigenvalue weighted by molar-refractivity contribution is -0.113. The first kappa shape index (κ1) is 16.3. The Morgan fingerprint density at radius 2 is 2.04 bits per heavy atom. The molecule has 0 radical (unpaired) electrons. The monoisotopic (exact) mass is 343 g/mol. The Bertz CT molecular complexity index is 976. The number of fused-ring (bicyclic) bond motifs is 1. The van der Waals surface area contributed by atoms with Crippen LogP contribution in [0.25, 0.3) is 10.9 Å².